The Labute approximate surface area is 107 Å². The van der Waals surface area contributed by atoms with Crippen LogP contribution in [0.2, 0.25) is 0 Å². The summed E-state index contributed by atoms with van der Waals surface area (Å²) in [6.45, 7) is 5.83. The maximum atomic E-state index is 12.1. The van der Waals surface area contributed by atoms with Crippen molar-refractivity contribution in [2.75, 3.05) is 32.7 Å². The summed E-state index contributed by atoms with van der Waals surface area (Å²) in [6.07, 6.45) is 2.29. The highest BCUT2D eigenvalue weighted by molar-refractivity contribution is 5.92. The van der Waals surface area contributed by atoms with E-state index in [1.807, 2.05) is 17.9 Å². The first-order valence-electron chi connectivity index (χ1n) is 6.53. The predicted octanol–water partition coefficient (Wildman–Crippen LogP) is 0.543. The number of aromatic amines is 1. The van der Waals surface area contributed by atoms with Crippen LogP contribution in [0.25, 0.3) is 0 Å². The third kappa shape index (κ3) is 3.11. The Morgan fingerprint density at radius 3 is 2.72 bits per heavy atom. The van der Waals surface area contributed by atoms with E-state index in [1.54, 1.807) is 12.3 Å². The monoisotopic (exact) mass is 251 g/mol. The van der Waals surface area contributed by atoms with Gasteiger partial charge in [0.25, 0.3) is 5.91 Å². The summed E-state index contributed by atoms with van der Waals surface area (Å²) in [7, 11) is 0. The SMILES string of the molecule is CCC(O)CN1CCN(C(=O)c2ccc[nH]2)CC1. The van der Waals surface area contributed by atoms with Gasteiger partial charge in [0.2, 0.25) is 0 Å². The molecule has 1 amide bonds. The molecule has 2 heterocycles. The van der Waals surface area contributed by atoms with E-state index in [0.717, 1.165) is 32.6 Å². The van der Waals surface area contributed by atoms with E-state index >= 15 is 0 Å². The number of β-amino-alcohol motifs (C(OH)–C–C–N with tert-alkyl or cyclic N) is 1. The Bertz CT molecular complexity index is 370. The van der Waals surface area contributed by atoms with Gasteiger partial charge in [-0.15, -0.1) is 0 Å². The molecule has 1 atom stereocenters. The Hall–Kier alpha value is -1.33. The van der Waals surface area contributed by atoms with Gasteiger partial charge in [0, 0.05) is 38.9 Å². The molecule has 0 aliphatic carbocycles. The molecule has 1 aliphatic rings. The summed E-state index contributed by atoms with van der Waals surface area (Å²) in [4.78, 5) is 19.1. The molecule has 5 nitrogen and oxygen atoms in total. The van der Waals surface area contributed by atoms with Gasteiger partial charge in [-0.05, 0) is 18.6 Å². The van der Waals surface area contributed by atoms with E-state index in [9.17, 15) is 9.90 Å². The molecule has 1 unspecified atom stereocenters. The average molecular weight is 251 g/mol. The largest absolute Gasteiger partial charge is 0.392 e. The zero-order chi connectivity index (χ0) is 13.0. The Morgan fingerprint density at radius 2 is 2.17 bits per heavy atom. The molecular formula is C13H21N3O2. The number of piperazine rings is 1. The zero-order valence-electron chi connectivity index (χ0n) is 10.8. The second-order valence-corrected chi connectivity index (χ2v) is 4.74. The van der Waals surface area contributed by atoms with E-state index in [0.29, 0.717) is 12.2 Å². The summed E-state index contributed by atoms with van der Waals surface area (Å²) < 4.78 is 0. The minimum Gasteiger partial charge on any atom is -0.392 e. The first kappa shape index (κ1) is 13.1. The van der Waals surface area contributed by atoms with Crippen LogP contribution in [0.5, 0.6) is 0 Å². The number of hydrogen-bond acceptors (Lipinski definition) is 3. The number of rotatable bonds is 4. The summed E-state index contributed by atoms with van der Waals surface area (Å²) in [5.41, 5.74) is 0.650. The summed E-state index contributed by atoms with van der Waals surface area (Å²) in [6, 6.07) is 3.64. The van der Waals surface area contributed by atoms with Gasteiger partial charge in [0.05, 0.1) is 6.10 Å². The molecule has 0 bridgehead atoms. The van der Waals surface area contributed by atoms with Crippen molar-refractivity contribution < 1.29 is 9.90 Å². The molecule has 2 N–H and O–H groups in total. The lowest BCUT2D eigenvalue weighted by molar-refractivity contribution is 0.0520. The number of carbonyl (C=O) groups excluding carboxylic acids is 1. The van der Waals surface area contributed by atoms with Crippen LogP contribution in [-0.4, -0.2) is 64.6 Å². The van der Waals surface area contributed by atoms with Crippen molar-refractivity contribution in [3.05, 3.63) is 24.0 Å². The molecular weight excluding hydrogens is 230 g/mol. The van der Waals surface area contributed by atoms with Gasteiger partial charge >= 0.3 is 0 Å². The number of aliphatic hydroxyl groups is 1. The number of nitrogens with one attached hydrogen (secondary N) is 1. The molecule has 18 heavy (non-hydrogen) atoms. The minimum atomic E-state index is -0.254. The number of nitrogens with zero attached hydrogens (tertiary/aromatic N) is 2. The zero-order valence-corrected chi connectivity index (χ0v) is 10.8. The van der Waals surface area contributed by atoms with Gasteiger partial charge in [-0.2, -0.15) is 0 Å². The van der Waals surface area contributed by atoms with Gasteiger partial charge in [-0.1, -0.05) is 6.92 Å². The van der Waals surface area contributed by atoms with E-state index in [-0.39, 0.29) is 12.0 Å². The lowest BCUT2D eigenvalue weighted by atomic mass is 10.2. The van der Waals surface area contributed by atoms with Crippen LogP contribution < -0.4 is 0 Å². The van der Waals surface area contributed by atoms with Crippen molar-refractivity contribution in [1.29, 1.82) is 0 Å². The number of aromatic nitrogens is 1. The van der Waals surface area contributed by atoms with Gasteiger partial charge in [-0.3, -0.25) is 9.69 Å². The molecule has 0 aromatic carbocycles. The molecule has 1 fully saturated rings. The first-order chi connectivity index (χ1) is 8.70. The van der Waals surface area contributed by atoms with Gasteiger partial charge in [0.15, 0.2) is 0 Å². The van der Waals surface area contributed by atoms with Crippen LogP contribution in [0.4, 0.5) is 0 Å². The van der Waals surface area contributed by atoms with Gasteiger partial charge in [0.1, 0.15) is 5.69 Å². The first-order valence-corrected chi connectivity index (χ1v) is 6.53. The van der Waals surface area contributed by atoms with Crippen molar-refractivity contribution in [3.8, 4) is 0 Å². The van der Waals surface area contributed by atoms with Crippen molar-refractivity contribution in [2.24, 2.45) is 0 Å². The standard InChI is InChI=1S/C13H21N3O2/c1-2-11(17)10-15-6-8-16(9-7-15)13(18)12-4-3-5-14-12/h3-5,11,14,17H,2,6-10H2,1H3. The molecule has 1 aromatic rings. The van der Waals surface area contributed by atoms with E-state index < -0.39 is 0 Å². The lowest BCUT2D eigenvalue weighted by Crippen LogP contribution is -2.50. The number of amides is 1. The predicted molar refractivity (Wildman–Crippen MR) is 69.4 cm³/mol. The molecule has 0 spiro atoms. The fourth-order valence-corrected chi connectivity index (χ4v) is 2.19. The molecule has 1 aliphatic heterocycles. The van der Waals surface area contributed by atoms with Crippen molar-refractivity contribution in [3.63, 3.8) is 0 Å². The Kier molecular flexibility index (Phi) is 4.38. The fourth-order valence-electron chi connectivity index (χ4n) is 2.19. The highest BCUT2D eigenvalue weighted by Gasteiger charge is 2.23. The second kappa shape index (κ2) is 6.02. The highest BCUT2D eigenvalue weighted by Crippen LogP contribution is 2.08. The Morgan fingerprint density at radius 1 is 1.44 bits per heavy atom. The molecule has 5 heteroatoms. The fraction of sp³-hybridized carbons (Fsp3) is 0.615. The van der Waals surface area contributed by atoms with Crippen molar-refractivity contribution in [1.82, 2.24) is 14.8 Å². The molecule has 0 saturated carbocycles. The van der Waals surface area contributed by atoms with Crippen LogP contribution in [0.3, 0.4) is 0 Å². The molecule has 2 rings (SSSR count). The molecule has 1 saturated heterocycles. The number of carbonyl (C=O) groups is 1. The van der Waals surface area contributed by atoms with E-state index in [2.05, 4.69) is 9.88 Å². The van der Waals surface area contributed by atoms with Crippen LogP contribution in [0.15, 0.2) is 18.3 Å². The van der Waals surface area contributed by atoms with Crippen LogP contribution >= 0.6 is 0 Å². The van der Waals surface area contributed by atoms with Crippen LogP contribution in [-0.2, 0) is 0 Å². The van der Waals surface area contributed by atoms with Crippen LogP contribution in [0.1, 0.15) is 23.8 Å². The minimum absolute atomic E-state index is 0.0655. The summed E-state index contributed by atoms with van der Waals surface area (Å²) in [5.74, 6) is 0.0655. The maximum Gasteiger partial charge on any atom is 0.270 e. The third-order valence-electron chi connectivity index (χ3n) is 3.43. The summed E-state index contributed by atoms with van der Waals surface area (Å²) >= 11 is 0. The second-order valence-electron chi connectivity index (χ2n) is 4.74. The van der Waals surface area contributed by atoms with Crippen molar-refractivity contribution >= 4 is 5.91 Å². The normalized spacial score (nSPS) is 18.9. The van der Waals surface area contributed by atoms with E-state index in [1.165, 1.54) is 0 Å². The highest BCUT2D eigenvalue weighted by atomic mass is 16.3. The van der Waals surface area contributed by atoms with Gasteiger partial charge in [-0.25, -0.2) is 0 Å². The molecule has 100 valence electrons. The van der Waals surface area contributed by atoms with Crippen molar-refractivity contribution in [2.45, 2.75) is 19.4 Å². The number of hydrogen-bond donors (Lipinski definition) is 2. The molecule has 1 aromatic heterocycles. The Balaban J connectivity index is 1.81. The number of H-pyrrole nitrogens is 1. The topological polar surface area (TPSA) is 59.6 Å². The van der Waals surface area contributed by atoms with E-state index in [4.69, 9.17) is 0 Å². The quantitative estimate of drug-likeness (QED) is 0.821. The number of aliphatic hydroxyl groups excluding tert-OH is 1. The van der Waals surface area contributed by atoms with Gasteiger partial charge < -0.3 is 15.0 Å². The molecule has 0 radical (unpaired) electrons. The maximum absolute atomic E-state index is 12.1. The smallest absolute Gasteiger partial charge is 0.270 e. The average Bonchev–Trinajstić information content (AvgIpc) is 2.92. The lowest BCUT2D eigenvalue weighted by Gasteiger charge is -2.35. The van der Waals surface area contributed by atoms with Crippen LogP contribution in [0, 0.1) is 0 Å². The summed E-state index contributed by atoms with van der Waals surface area (Å²) in [5, 5.41) is 9.61. The third-order valence-corrected chi connectivity index (χ3v) is 3.43.